The number of benzene rings is 2. The van der Waals surface area contributed by atoms with Crippen LogP contribution in [0, 0.1) is 0 Å². The van der Waals surface area contributed by atoms with Crippen LogP contribution in [-0.2, 0) is 14.4 Å². The molecule has 0 heterocycles. The summed E-state index contributed by atoms with van der Waals surface area (Å²) in [5, 5.41) is 0. The standard InChI is InChI=1S/C21H22BrNO5/c1-2-20(24)27-15-5-3-4-14-26-19-12-6-16(7-13-19)21(25)28-23-18-10-8-17(22)9-11-18/h2,6-13,23H,1,3-5,14-15H2. The summed E-state index contributed by atoms with van der Waals surface area (Å²) < 4.78 is 11.5. The molecule has 0 aromatic heterocycles. The van der Waals surface area contributed by atoms with Crippen LogP contribution >= 0.6 is 15.9 Å². The molecule has 148 valence electrons. The molecule has 0 atom stereocenters. The fourth-order valence-corrected chi connectivity index (χ4v) is 2.44. The molecule has 0 amide bonds. The number of ether oxygens (including phenoxy) is 2. The van der Waals surface area contributed by atoms with Crippen LogP contribution in [0.2, 0.25) is 0 Å². The van der Waals surface area contributed by atoms with E-state index in [2.05, 4.69) is 28.0 Å². The van der Waals surface area contributed by atoms with E-state index in [0.717, 1.165) is 29.8 Å². The fraction of sp³-hybridized carbons (Fsp3) is 0.238. The molecule has 0 aliphatic carbocycles. The minimum Gasteiger partial charge on any atom is -0.494 e. The maximum Gasteiger partial charge on any atom is 0.362 e. The highest BCUT2D eigenvalue weighted by Gasteiger charge is 2.08. The van der Waals surface area contributed by atoms with Crippen LogP contribution in [0.15, 0.2) is 65.7 Å². The van der Waals surface area contributed by atoms with E-state index in [-0.39, 0.29) is 0 Å². The van der Waals surface area contributed by atoms with Gasteiger partial charge in [-0.25, -0.2) is 15.1 Å². The lowest BCUT2D eigenvalue weighted by molar-refractivity contribution is -0.137. The second-order valence-corrected chi connectivity index (χ2v) is 6.72. The first-order chi connectivity index (χ1) is 13.6. The number of unbranched alkanes of at least 4 members (excludes halogenated alkanes) is 2. The number of hydrogen-bond donors (Lipinski definition) is 1. The summed E-state index contributed by atoms with van der Waals surface area (Å²) in [5.74, 6) is -0.207. The molecule has 0 saturated heterocycles. The molecule has 2 aromatic carbocycles. The van der Waals surface area contributed by atoms with E-state index in [1.807, 2.05) is 12.1 Å². The number of anilines is 1. The molecule has 0 aliphatic rings. The number of carbonyl (C=O) groups is 2. The third-order valence-electron chi connectivity index (χ3n) is 3.66. The SMILES string of the molecule is C=CC(=O)OCCCCCOc1ccc(C(=O)ONc2ccc(Br)cc2)cc1. The Kier molecular flexibility index (Phi) is 9.07. The van der Waals surface area contributed by atoms with Crippen LogP contribution in [0.3, 0.4) is 0 Å². The summed E-state index contributed by atoms with van der Waals surface area (Å²) in [6.45, 7) is 4.27. The Morgan fingerprint density at radius 3 is 2.32 bits per heavy atom. The Balaban J connectivity index is 1.65. The molecule has 7 heteroatoms. The van der Waals surface area contributed by atoms with Gasteiger partial charge in [-0.2, -0.15) is 0 Å². The zero-order valence-corrected chi connectivity index (χ0v) is 16.9. The van der Waals surface area contributed by atoms with Crippen molar-refractivity contribution >= 4 is 33.6 Å². The van der Waals surface area contributed by atoms with E-state index >= 15 is 0 Å². The Morgan fingerprint density at radius 1 is 0.964 bits per heavy atom. The van der Waals surface area contributed by atoms with Gasteiger partial charge < -0.3 is 14.3 Å². The summed E-state index contributed by atoms with van der Waals surface area (Å²) in [7, 11) is 0. The molecule has 0 spiro atoms. The summed E-state index contributed by atoms with van der Waals surface area (Å²) in [6.07, 6.45) is 3.65. The smallest absolute Gasteiger partial charge is 0.362 e. The Hall–Kier alpha value is -2.80. The third kappa shape index (κ3) is 7.84. The number of nitrogens with one attached hydrogen (secondary N) is 1. The van der Waals surface area contributed by atoms with Crippen molar-refractivity contribution in [3.63, 3.8) is 0 Å². The Morgan fingerprint density at radius 2 is 1.64 bits per heavy atom. The molecular weight excluding hydrogens is 426 g/mol. The van der Waals surface area contributed by atoms with Gasteiger partial charge >= 0.3 is 11.9 Å². The summed E-state index contributed by atoms with van der Waals surface area (Å²) in [6, 6.07) is 14.0. The molecule has 2 aromatic rings. The number of hydrogen-bond acceptors (Lipinski definition) is 6. The van der Waals surface area contributed by atoms with Crippen molar-refractivity contribution in [3.8, 4) is 5.75 Å². The minimum absolute atomic E-state index is 0.385. The second kappa shape index (κ2) is 11.8. The number of halogens is 1. The van der Waals surface area contributed by atoms with Crippen LogP contribution in [-0.4, -0.2) is 25.2 Å². The molecule has 0 aliphatic heterocycles. The number of rotatable bonds is 11. The van der Waals surface area contributed by atoms with E-state index in [4.69, 9.17) is 14.3 Å². The van der Waals surface area contributed by atoms with Gasteiger partial charge in [0.25, 0.3) is 0 Å². The Bertz CT molecular complexity index is 774. The predicted octanol–water partition coefficient (Wildman–Crippen LogP) is 4.91. The molecule has 0 radical (unpaired) electrons. The zero-order chi connectivity index (χ0) is 20.2. The predicted molar refractivity (Wildman–Crippen MR) is 110 cm³/mol. The van der Waals surface area contributed by atoms with Crippen molar-refractivity contribution in [1.29, 1.82) is 0 Å². The Labute approximate surface area is 172 Å². The molecular formula is C21H22BrNO5. The first-order valence-corrected chi connectivity index (χ1v) is 9.62. The molecule has 0 unspecified atom stereocenters. The molecule has 0 bridgehead atoms. The van der Waals surface area contributed by atoms with E-state index in [9.17, 15) is 9.59 Å². The van der Waals surface area contributed by atoms with E-state index < -0.39 is 11.9 Å². The average Bonchev–Trinajstić information content (AvgIpc) is 2.72. The fourth-order valence-electron chi connectivity index (χ4n) is 2.17. The van der Waals surface area contributed by atoms with Gasteiger partial charge in [-0.15, -0.1) is 0 Å². The zero-order valence-electron chi connectivity index (χ0n) is 15.4. The van der Waals surface area contributed by atoms with Gasteiger partial charge in [0.05, 0.1) is 24.5 Å². The van der Waals surface area contributed by atoms with E-state index in [1.165, 1.54) is 0 Å². The monoisotopic (exact) mass is 447 g/mol. The summed E-state index contributed by atoms with van der Waals surface area (Å²) >= 11 is 3.34. The lowest BCUT2D eigenvalue weighted by Gasteiger charge is -2.08. The van der Waals surface area contributed by atoms with Gasteiger partial charge in [0.2, 0.25) is 0 Å². The molecule has 1 N–H and O–H groups in total. The van der Waals surface area contributed by atoms with Crippen molar-refractivity contribution in [2.45, 2.75) is 19.3 Å². The highest BCUT2D eigenvalue weighted by molar-refractivity contribution is 9.10. The molecule has 2 rings (SSSR count). The molecule has 28 heavy (non-hydrogen) atoms. The lowest BCUT2D eigenvalue weighted by Crippen LogP contribution is -2.10. The largest absolute Gasteiger partial charge is 0.494 e. The number of esters is 1. The number of carbonyl (C=O) groups excluding carboxylic acids is 2. The normalized spacial score (nSPS) is 10.0. The lowest BCUT2D eigenvalue weighted by atomic mass is 10.2. The molecule has 0 fully saturated rings. The van der Waals surface area contributed by atoms with Crippen LogP contribution in [0.4, 0.5) is 5.69 Å². The van der Waals surface area contributed by atoms with E-state index in [0.29, 0.717) is 30.2 Å². The van der Waals surface area contributed by atoms with Gasteiger partial charge in [0.1, 0.15) is 5.75 Å². The van der Waals surface area contributed by atoms with Crippen molar-refractivity contribution in [2.24, 2.45) is 0 Å². The third-order valence-corrected chi connectivity index (χ3v) is 4.19. The van der Waals surface area contributed by atoms with Crippen LogP contribution < -0.4 is 10.2 Å². The quantitative estimate of drug-likeness (QED) is 0.228. The van der Waals surface area contributed by atoms with Gasteiger partial charge in [-0.05, 0) is 67.8 Å². The van der Waals surface area contributed by atoms with Gasteiger partial charge in [-0.1, -0.05) is 22.5 Å². The minimum atomic E-state index is -0.483. The van der Waals surface area contributed by atoms with Gasteiger partial charge in [0.15, 0.2) is 0 Å². The van der Waals surface area contributed by atoms with Crippen LogP contribution in [0.5, 0.6) is 5.75 Å². The van der Waals surface area contributed by atoms with Crippen molar-refractivity contribution < 1.29 is 23.9 Å². The van der Waals surface area contributed by atoms with Gasteiger partial charge in [-0.3, -0.25) is 0 Å². The summed E-state index contributed by atoms with van der Waals surface area (Å²) in [4.78, 5) is 28.0. The topological polar surface area (TPSA) is 73.9 Å². The molecule has 0 saturated carbocycles. The van der Waals surface area contributed by atoms with Crippen LogP contribution in [0.25, 0.3) is 0 Å². The highest BCUT2D eigenvalue weighted by Crippen LogP contribution is 2.16. The maximum atomic E-state index is 12.0. The summed E-state index contributed by atoms with van der Waals surface area (Å²) in [5.41, 5.74) is 3.71. The second-order valence-electron chi connectivity index (χ2n) is 5.80. The maximum absolute atomic E-state index is 12.0. The van der Waals surface area contributed by atoms with E-state index in [1.54, 1.807) is 36.4 Å². The molecule has 6 nitrogen and oxygen atoms in total. The first kappa shape index (κ1) is 21.5. The average molecular weight is 448 g/mol. The first-order valence-electron chi connectivity index (χ1n) is 8.83. The van der Waals surface area contributed by atoms with Crippen LogP contribution in [0.1, 0.15) is 29.6 Å². The van der Waals surface area contributed by atoms with Gasteiger partial charge in [0, 0.05) is 10.5 Å². The van der Waals surface area contributed by atoms with Crippen molar-refractivity contribution in [1.82, 2.24) is 0 Å². The highest BCUT2D eigenvalue weighted by atomic mass is 79.9. The van der Waals surface area contributed by atoms with Crippen molar-refractivity contribution in [2.75, 3.05) is 18.7 Å². The van der Waals surface area contributed by atoms with Crippen molar-refractivity contribution in [3.05, 3.63) is 71.2 Å².